The van der Waals surface area contributed by atoms with Gasteiger partial charge in [0.15, 0.2) is 0 Å². The zero-order valence-electron chi connectivity index (χ0n) is 19.5. The van der Waals surface area contributed by atoms with Crippen LogP contribution in [0.4, 0.5) is 13.2 Å². The van der Waals surface area contributed by atoms with E-state index < -0.39 is 32.2 Å². The highest BCUT2D eigenvalue weighted by molar-refractivity contribution is 7.89. The number of para-hydroxylation sites is 1. The summed E-state index contributed by atoms with van der Waals surface area (Å²) in [4.78, 5) is 15.1. The number of nitrogens with one attached hydrogen (secondary N) is 1. The van der Waals surface area contributed by atoms with Crippen molar-refractivity contribution in [3.8, 4) is 5.75 Å². The Balaban J connectivity index is 1.79. The van der Waals surface area contributed by atoms with Crippen LogP contribution in [0.2, 0.25) is 0 Å². The number of hydrogen-bond donors (Lipinski definition) is 1. The first-order valence-electron chi connectivity index (χ1n) is 10.9. The molecular formula is C26H23F3N2O4S. The van der Waals surface area contributed by atoms with Crippen molar-refractivity contribution in [1.29, 1.82) is 0 Å². The molecule has 0 bridgehead atoms. The molecule has 0 aliphatic carbocycles. The Kier molecular flexibility index (Phi) is 6.92. The molecule has 0 atom stereocenters. The summed E-state index contributed by atoms with van der Waals surface area (Å²) in [6.07, 6.45) is -4.71. The van der Waals surface area contributed by atoms with E-state index in [2.05, 4.69) is 4.98 Å². The summed E-state index contributed by atoms with van der Waals surface area (Å²) in [7, 11) is -2.93. The minimum Gasteiger partial charge on any atom is -0.497 e. The summed E-state index contributed by atoms with van der Waals surface area (Å²) in [6.45, 7) is 1.32. The van der Waals surface area contributed by atoms with E-state index >= 15 is 0 Å². The molecule has 3 aromatic carbocycles. The van der Waals surface area contributed by atoms with Gasteiger partial charge in [0.25, 0.3) is 5.56 Å². The van der Waals surface area contributed by atoms with Crippen LogP contribution < -0.4 is 10.3 Å². The molecule has 0 saturated carbocycles. The normalized spacial score (nSPS) is 12.3. The van der Waals surface area contributed by atoms with Gasteiger partial charge in [0, 0.05) is 18.7 Å². The molecule has 0 spiro atoms. The second kappa shape index (κ2) is 9.79. The molecule has 1 aromatic heterocycles. The number of pyridine rings is 1. The van der Waals surface area contributed by atoms with Gasteiger partial charge in [0.2, 0.25) is 10.0 Å². The fourth-order valence-electron chi connectivity index (χ4n) is 3.88. The lowest BCUT2D eigenvalue weighted by molar-refractivity contribution is -0.137. The van der Waals surface area contributed by atoms with E-state index in [1.165, 1.54) is 7.11 Å². The zero-order valence-corrected chi connectivity index (χ0v) is 20.3. The van der Waals surface area contributed by atoms with Gasteiger partial charge in [0.05, 0.1) is 23.1 Å². The number of ether oxygens (including phenoxy) is 1. The first-order chi connectivity index (χ1) is 17.0. The summed E-state index contributed by atoms with van der Waals surface area (Å²) >= 11 is 0. The number of alkyl halides is 3. The monoisotopic (exact) mass is 516 g/mol. The summed E-state index contributed by atoms with van der Waals surface area (Å²) in [5.74, 6) is 0.562. The molecule has 0 aliphatic heterocycles. The molecule has 0 aliphatic rings. The third kappa shape index (κ3) is 5.29. The van der Waals surface area contributed by atoms with Crippen molar-refractivity contribution < 1.29 is 26.3 Å². The van der Waals surface area contributed by atoms with Crippen LogP contribution in [0.5, 0.6) is 5.75 Å². The van der Waals surface area contributed by atoms with Crippen molar-refractivity contribution >= 4 is 20.9 Å². The number of fused-ring (bicyclic) bond motifs is 1. The van der Waals surface area contributed by atoms with E-state index in [-0.39, 0.29) is 18.7 Å². The fourth-order valence-corrected chi connectivity index (χ4v) is 5.33. The number of H-pyrrole nitrogens is 1. The molecule has 0 unspecified atom stereocenters. The van der Waals surface area contributed by atoms with Gasteiger partial charge in [-0.15, -0.1) is 0 Å². The molecule has 10 heteroatoms. The molecule has 0 saturated heterocycles. The van der Waals surface area contributed by atoms with Gasteiger partial charge in [-0.05, 0) is 59.8 Å². The van der Waals surface area contributed by atoms with Crippen molar-refractivity contribution in [1.82, 2.24) is 9.29 Å². The van der Waals surface area contributed by atoms with Gasteiger partial charge in [-0.1, -0.05) is 36.4 Å². The molecule has 1 N–H and O–H groups in total. The Morgan fingerprint density at radius 1 is 0.944 bits per heavy atom. The number of aryl methyl sites for hydroxylation is 1. The van der Waals surface area contributed by atoms with Crippen molar-refractivity contribution in [2.45, 2.75) is 31.1 Å². The molecule has 0 radical (unpaired) electrons. The quantitative estimate of drug-likeness (QED) is 0.364. The van der Waals surface area contributed by atoms with Gasteiger partial charge in [-0.2, -0.15) is 17.5 Å². The molecule has 4 rings (SSSR count). The van der Waals surface area contributed by atoms with Crippen molar-refractivity contribution in [2.75, 3.05) is 7.11 Å². The number of nitrogens with zero attached hydrogens (tertiary/aromatic N) is 1. The SMILES string of the molecule is COc1ccc(CN(Cc2cc3cccc(C)c3[nH]c2=O)S(=O)(=O)c2cccc(C(F)(F)F)c2)cc1. The van der Waals surface area contributed by atoms with E-state index in [0.717, 1.165) is 28.1 Å². The fraction of sp³-hybridized carbons (Fsp3) is 0.192. The van der Waals surface area contributed by atoms with Crippen molar-refractivity contribution in [3.63, 3.8) is 0 Å². The lowest BCUT2D eigenvalue weighted by atomic mass is 10.1. The molecule has 4 aromatic rings. The van der Waals surface area contributed by atoms with Gasteiger partial charge in [-0.3, -0.25) is 4.79 Å². The first-order valence-corrected chi connectivity index (χ1v) is 12.3. The first kappa shape index (κ1) is 25.5. The highest BCUT2D eigenvalue weighted by Crippen LogP contribution is 2.32. The van der Waals surface area contributed by atoms with Crippen LogP contribution in [0.1, 0.15) is 22.3 Å². The topological polar surface area (TPSA) is 79.5 Å². The minimum absolute atomic E-state index is 0.164. The number of aromatic amines is 1. The number of methoxy groups -OCH3 is 1. The molecule has 6 nitrogen and oxygen atoms in total. The molecule has 36 heavy (non-hydrogen) atoms. The van der Waals surface area contributed by atoms with Crippen LogP contribution in [0.3, 0.4) is 0 Å². The van der Waals surface area contributed by atoms with Gasteiger partial charge < -0.3 is 9.72 Å². The van der Waals surface area contributed by atoms with Crippen LogP contribution in [-0.2, 0) is 29.3 Å². The smallest absolute Gasteiger partial charge is 0.416 e. The maximum absolute atomic E-state index is 13.6. The van der Waals surface area contributed by atoms with E-state index in [1.807, 2.05) is 19.1 Å². The van der Waals surface area contributed by atoms with Crippen LogP contribution in [0.25, 0.3) is 10.9 Å². The Bertz CT molecular complexity index is 1560. The standard InChI is InChI=1S/C26H23F3N2O4S/c1-17-5-3-6-19-13-20(25(32)30-24(17)19)16-31(15-18-9-11-22(35-2)12-10-18)36(33,34)23-8-4-7-21(14-23)26(27,28)29/h3-14H,15-16H2,1-2H3,(H,30,32). The Morgan fingerprint density at radius 2 is 1.64 bits per heavy atom. The lowest BCUT2D eigenvalue weighted by Gasteiger charge is -2.23. The largest absolute Gasteiger partial charge is 0.497 e. The molecule has 0 fully saturated rings. The predicted octanol–water partition coefficient (Wildman–Crippen LogP) is 5.26. The molecular weight excluding hydrogens is 493 g/mol. The average molecular weight is 517 g/mol. The maximum Gasteiger partial charge on any atom is 0.416 e. The Labute approximate surface area is 206 Å². The minimum atomic E-state index is -4.71. The van der Waals surface area contributed by atoms with Gasteiger partial charge in [-0.25, -0.2) is 8.42 Å². The van der Waals surface area contributed by atoms with Crippen LogP contribution in [0.15, 0.2) is 82.5 Å². The highest BCUT2D eigenvalue weighted by Gasteiger charge is 2.33. The molecule has 188 valence electrons. The second-order valence-electron chi connectivity index (χ2n) is 8.31. The predicted molar refractivity (Wildman–Crippen MR) is 130 cm³/mol. The third-order valence-electron chi connectivity index (χ3n) is 5.83. The zero-order chi connectivity index (χ0) is 26.1. The van der Waals surface area contributed by atoms with E-state index in [1.54, 1.807) is 36.4 Å². The van der Waals surface area contributed by atoms with E-state index in [4.69, 9.17) is 4.74 Å². The number of benzene rings is 3. The van der Waals surface area contributed by atoms with Crippen LogP contribution in [-0.4, -0.2) is 24.8 Å². The lowest BCUT2D eigenvalue weighted by Crippen LogP contribution is -2.32. The van der Waals surface area contributed by atoms with E-state index in [9.17, 15) is 26.4 Å². The summed E-state index contributed by atoms with van der Waals surface area (Å²) in [5, 5.41) is 0.713. The maximum atomic E-state index is 13.6. The Morgan fingerprint density at radius 3 is 2.31 bits per heavy atom. The summed E-state index contributed by atoms with van der Waals surface area (Å²) in [6, 6.07) is 17.2. The van der Waals surface area contributed by atoms with Crippen molar-refractivity contribution in [3.05, 3.63) is 105 Å². The number of rotatable bonds is 7. The molecule has 1 heterocycles. The number of aromatic nitrogens is 1. The number of halogens is 3. The summed E-state index contributed by atoms with van der Waals surface area (Å²) < 4.78 is 73.2. The molecule has 0 amide bonds. The van der Waals surface area contributed by atoms with Crippen LogP contribution >= 0.6 is 0 Å². The van der Waals surface area contributed by atoms with Crippen molar-refractivity contribution in [2.24, 2.45) is 0 Å². The average Bonchev–Trinajstić information content (AvgIpc) is 2.84. The third-order valence-corrected chi connectivity index (χ3v) is 7.62. The van der Waals surface area contributed by atoms with Crippen LogP contribution in [0, 0.1) is 6.92 Å². The summed E-state index contributed by atoms with van der Waals surface area (Å²) in [5.41, 5.74) is 0.663. The number of hydrogen-bond acceptors (Lipinski definition) is 4. The highest BCUT2D eigenvalue weighted by atomic mass is 32.2. The second-order valence-corrected chi connectivity index (χ2v) is 10.2. The van der Waals surface area contributed by atoms with Gasteiger partial charge >= 0.3 is 6.18 Å². The number of sulfonamides is 1. The Hall–Kier alpha value is -3.63. The van der Waals surface area contributed by atoms with Gasteiger partial charge in [0.1, 0.15) is 5.75 Å². The van der Waals surface area contributed by atoms with E-state index in [0.29, 0.717) is 28.3 Å².